The molecular weight excluding hydrogens is 236 g/mol. The fraction of sp³-hybridized carbons (Fsp3) is 0.250. The quantitative estimate of drug-likeness (QED) is 0.680. The van der Waals surface area contributed by atoms with Gasteiger partial charge in [-0.05, 0) is 18.2 Å². The number of methoxy groups -OCH3 is 1. The molecule has 0 radical (unpaired) electrons. The number of rotatable bonds is 3. The molecule has 6 heteroatoms. The minimum absolute atomic E-state index is 0.107. The third kappa shape index (κ3) is 1.76. The Morgan fingerprint density at radius 2 is 2.17 bits per heavy atom. The zero-order valence-corrected chi connectivity index (χ0v) is 9.88. The van der Waals surface area contributed by atoms with Crippen molar-refractivity contribution in [3.8, 4) is 11.5 Å². The van der Waals surface area contributed by atoms with E-state index in [9.17, 15) is 9.90 Å². The number of nitrogens with zero attached hydrogens (tertiary/aromatic N) is 1. The van der Waals surface area contributed by atoms with Crippen LogP contribution in [0.3, 0.4) is 0 Å². The van der Waals surface area contributed by atoms with Crippen LogP contribution in [-0.2, 0) is 6.54 Å². The fourth-order valence-corrected chi connectivity index (χ4v) is 1.93. The number of hydrogen-bond donors (Lipinski definition) is 3. The van der Waals surface area contributed by atoms with Gasteiger partial charge in [0.15, 0.2) is 5.75 Å². The van der Waals surface area contributed by atoms with Crippen LogP contribution in [0, 0.1) is 0 Å². The molecule has 0 amide bonds. The van der Waals surface area contributed by atoms with Crippen LogP contribution in [0.15, 0.2) is 23.0 Å². The van der Waals surface area contributed by atoms with Crippen LogP contribution in [0.2, 0.25) is 0 Å². The summed E-state index contributed by atoms with van der Waals surface area (Å²) in [6.07, 6.45) is 0. The molecule has 0 unspecified atom stereocenters. The van der Waals surface area contributed by atoms with Gasteiger partial charge in [0.2, 0.25) is 5.75 Å². The number of aromatic hydroxyl groups is 1. The van der Waals surface area contributed by atoms with Crippen molar-refractivity contribution >= 4 is 16.6 Å². The van der Waals surface area contributed by atoms with Gasteiger partial charge in [-0.1, -0.05) is 0 Å². The third-order valence-corrected chi connectivity index (χ3v) is 2.75. The predicted octanol–water partition coefficient (Wildman–Crippen LogP) is 0.290. The Balaban J connectivity index is 2.93. The van der Waals surface area contributed by atoms with Crippen molar-refractivity contribution in [1.82, 2.24) is 4.57 Å². The lowest BCUT2D eigenvalue weighted by molar-refractivity contribution is 0.274. The SMILES string of the molecule is COc1c(O)c2ccc(N)cc2n(CCO)c1=O. The number of pyridine rings is 1. The summed E-state index contributed by atoms with van der Waals surface area (Å²) >= 11 is 0. The Morgan fingerprint density at radius 1 is 1.44 bits per heavy atom. The number of hydrogen-bond acceptors (Lipinski definition) is 5. The summed E-state index contributed by atoms with van der Waals surface area (Å²) in [5, 5.41) is 19.4. The molecule has 0 aliphatic heterocycles. The first-order chi connectivity index (χ1) is 8.60. The Morgan fingerprint density at radius 3 is 2.78 bits per heavy atom. The third-order valence-electron chi connectivity index (χ3n) is 2.75. The molecule has 0 saturated carbocycles. The molecular formula is C12H14N2O4. The molecule has 0 aliphatic carbocycles. The van der Waals surface area contributed by atoms with Gasteiger partial charge in [0, 0.05) is 17.6 Å². The molecule has 0 fully saturated rings. The van der Waals surface area contributed by atoms with Gasteiger partial charge in [-0.15, -0.1) is 0 Å². The first-order valence-corrected chi connectivity index (χ1v) is 5.40. The van der Waals surface area contributed by atoms with Gasteiger partial charge < -0.3 is 25.3 Å². The number of fused-ring (bicyclic) bond motifs is 1. The van der Waals surface area contributed by atoms with Crippen molar-refractivity contribution in [2.24, 2.45) is 0 Å². The van der Waals surface area contributed by atoms with Crippen molar-refractivity contribution in [2.45, 2.75) is 6.54 Å². The largest absolute Gasteiger partial charge is 0.504 e. The Labute approximate surface area is 103 Å². The molecule has 0 atom stereocenters. The molecule has 2 aromatic rings. The van der Waals surface area contributed by atoms with E-state index in [-0.39, 0.29) is 24.7 Å². The van der Waals surface area contributed by atoms with Crippen LogP contribution in [0.4, 0.5) is 5.69 Å². The summed E-state index contributed by atoms with van der Waals surface area (Å²) in [7, 11) is 1.31. The minimum atomic E-state index is -0.498. The number of aromatic nitrogens is 1. The number of ether oxygens (including phenoxy) is 1. The summed E-state index contributed by atoms with van der Waals surface area (Å²) in [5.41, 5.74) is 6.11. The predicted molar refractivity (Wildman–Crippen MR) is 67.9 cm³/mol. The maximum atomic E-state index is 12.1. The molecule has 1 aromatic carbocycles. The molecule has 4 N–H and O–H groups in total. The van der Waals surface area contributed by atoms with Gasteiger partial charge in [-0.25, -0.2) is 0 Å². The molecule has 96 valence electrons. The lowest BCUT2D eigenvalue weighted by Gasteiger charge is -2.13. The van der Waals surface area contributed by atoms with Gasteiger partial charge in [-0.2, -0.15) is 0 Å². The number of nitrogen functional groups attached to an aromatic ring is 1. The van der Waals surface area contributed by atoms with Crippen LogP contribution in [0.5, 0.6) is 11.5 Å². The van der Waals surface area contributed by atoms with E-state index in [0.717, 1.165) is 0 Å². The normalized spacial score (nSPS) is 10.8. The molecule has 0 saturated heterocycles. The average molecular weight is 250 g/mol. The summed E-state index contributed by atoms with van der Waals surface area (Å²) in [4.78, 5) is 12.1. The topological polar surface area (TPSA) is 97.7 Å². The highest BCUT2D eigenvalue weighted by molar-refractivity contribution is 5.89. The van der Waals surface area contributed by atoms with Crippen molar-refractivity contribution in [2.75, 3.05) is 19.5 Å². The fourth-order valence-electron chi connectivity index (χ4n) is 1.93. The van der Waals surface area contributed by atoms with Crippen LogP contribution in [0.1, 0.15) is 0 Å². The van der Waals surface area contributed by atoms with E-state index in [1.54, 1.807) is 18.2 Å². The van der Waals surface area contributed by atoms with E-state index in [0.29, 0.717) is 16.6 Å². The molecule has 2 rings (SSSR count). The Hall–Kier alpha value is -2.21. The lowest BCUT2D eigenvalue weighted by atomic mass is 10.1. The first kappa shape index (κ1) is 12.3. The second-order valence-electron chi connectivity index (χ2n) is 3.84. The van der Waals surface area contributed by atoms with Gasteiger partial charge >= 0.3 is 0 Å². The Kier molecular flexibility index (Phi) is 3.12. The number of aliphatic hydroxyl groups is 1. The first-order valence-electron chi connectivity index (χ1n) is 5.40. The van der Waals surface area contributed by atoms with Crippen molar-refractivity contribution in [3.63, 3.8) is 0 Å². The number of benzene rings is 1. The number of nitrogens with two attached hydrogens (primary N) is 1. The van der Waals surface area contributed by atoms with E-state index in [4.69, 9.17) is 15.6 Å². The molecule has 1 aromatic heterocycles. The monoisotopic (exact) mass is 250 g/mol. The van der Waals surface area contributed by atoms with E-state index in [1.807, 2.05) is 0 Å². The molecule has 0 spiro atoms. The van der Waals surface area contributed by atoms with Crippen LogP contribution in [0.25, 0.3) is 10.9 Å². The zero-order chi connectivity index (χ0) is 13.3. The number of aliphatic hydroxyl groups excluding tert-OH is 1. The highest BCUT2D eigenvalue weighted by atomic mass is 16.5. The highest BCUT2D eigenvalue weighted by Crippen LogP contribution is 2.31. The molecule has 0 bridgehead atoms. The summed E-state index contributed by atoms with van der Waals surface area (Å²) in [5.74, 6) is -0.354. The summed E-state index contributed by atoms with van der Waals surface area (Å²) < 4.78 is 6.23. The maximum absolute atomic E-state index is 12.1. The van der Waals surface area contributed by atoms with Crippen LogP contribution < -0.4 is 16.0 Å². The van der Waals surface area contributed by atoms with Gasteiger partial charge in [0.1, 0.15) is 0 Å². The van der Waals surface area contributed by atoms with E-state index in [1.165, 1.54) is 11.7 Å². The van der Waals surface area contributed by atoms with Gasteiger partial charge in [-0.3, -0.25) is 4.79 Å². The van der Waals surface area contributed by atoms with Gasteiger partial charge in [0.25, 0.3) is 5.56 Å². The van der Waals surface area contributed by atoms with E-state index >= 15 is 0 Å². The van der Waals surface area contributed by atoms with E-state index in [2.05, 4.69) is 0 Å². The average Bonchev–Trinajstić information content (AvgIpc) is 2.35. The van der Waals surface area contributed by atoms with Crippen molar-refractivity contribution in [3.05, 3.63) is 28.6 Å². The standard InChI is InChI=1S/C12H14N2O4/c1-18-11-10(16)8-3-2-7(13)6-9(8)14(4-5-15)12(11)17/h2-3,6,15-16H,4-5,13H2,1H3. The van der Waals surface area contributed by atoms with Crippen LogP contribution >= 0.6 is 0 Å². The molecule has 1 heterocycles. The zero-order valence-electron chi connectivity index (χ0n) is 9.88. The molecule has 0 aliphatic rings. The number of anilines is 1. The molecule has 6 nitrogen and oxygen atoms in total. The maximum Gasteiger partial charge on any atom is 0.297 e. The lowest BCUT2D eigenvalue weighted by Crippen LogP contribution is -2.23. The van der Waals surface area contributed by atoms with E-state index < -0.39 is 5.56 Å². The van der Waals surface area contributed by atoms with Gasteiger partial charge in [0.05, 0.1) is 19.2 Å². The van der Waals surface area contributed by atoms with Crippen molar-refractivity contribution < 1.29 is 14.9 Å². The second-order valence-corrected chi connectivity index (χ2v) is 3.84. The highest BCUT2D eigenvalue weighted by Gasteiger charge is 2.16. The molecule has 18 heavy (non-hydrogen) atoms. The van der Waals surface area contributed by atoms with Crippen LogP contribution in [-0.4, -0.2) is 28.5 Å². The summed E-state index contributed by atoms with van der Waals surface area (Å²) in [6.45, 7) is -0.0901. The second kappa shape index (κ2) is 4.58. The minimum Gasteiger partial charge on any atom is -0.504 e. The smallest absolute Gasteiger partial charge is 0.297 e. The Bertz CT molecular complexity index is 649. The summed E-state index contributed by atoms with van der Waals surface area (Å²) in [6, 6.07) is 4.80. The van der Waals surface area contributed by atoms with Crippen molar-refractivity contribution in [1.29, 1.82) is 0 Å².